The van der Waals surface area contributed by atoms with Crippen molar-refractivity contribution >= 4 is 17.9 Å². The Morgan fingerprint density at radius 2 is 1.97 bits per heavy atom. The van der Waals surface area contributed by atoms with Gasteiger partial charge in [-0.2, -0.15) is 13.2 Å². The van der Waals surface area contributed by atoms with Crippen molar-refractivity contribution < 1.29 is 22.7 Å². The number of carbonyl (C=O) groups excluding carboxylic acids is 1. The molecule has 1 amide bonds. The van der Waals surface area contributed by atoms with Gasteiger partial charge in [-0.25, -0.2) is 9.78 Å². The lowest BCUT2D eigenvalue weighted by molar-refractivity contribution is -0.137. The first-order chi connectivity index (χ1) is 14.0. The van der Waals surface area contributed by atoms with Crippen LogP contribution in [0.1, 0.15) is 26.3 Å². The van der Waals surface area contributed by atoms with Crippen LogP contribution in [-0.2, 0) is 10.9 Å². The van der Waals surface area contributed by atoms with Crippen molar-refractivity contribution in [1.29, 1.82) is 0 Å². The van der Waals surface area contributed by atoms with Crippen molar-refractivity contribution in [2.75, 3.05) is 44.6 Å². The molecular formula is C19H27F3N6O2. The van der Waals surface area contributed by atoms with Crippen LogP contribution >= 0.6 is 0 Å². The Morgan fingerprint density at radius 1 is 1.23 bits per heavy atom. The second-order valence-electron chi connectivity index (χ2n) is 8.19. The summed E-state index contributed by atoms with van der Waals surface area (Å²) in [6, 6.07) is 2.32. The van der Waals surface area contributed by atoms with Crippen molar-refractivity contribution in [3.8, 4) is 0 Å². The monoisotopic (exact) mass is 428 g/mol. The Balaban J connectivity index is 1.46. The number of hydrogen-bond acceptors (Lipinski definition) is 7. The summed E-state index contributed by atoms with van der Waals surface area (Å²) in [6.45, 7) is 8.33. The van der Waals surface area contributed by atoms with Gasteiger partial charge in [-0.3, -0.25) is 4.99 Å². The van der Waals surface area contributed by atoms with E-state index < -0.39 is 17.3 Å². The minimum absolute atomic E-state index is 0.0642. The topological polar surface area (TPSA) is 82.1 Å². The minimum atomic E-state index is -4.46. The molecule has 3 heterocycles. The summed E-state index contributed by atoms with van der Waals surface area (Å²) in [5.41, 5.74) is -1.33. The van der Waals surface area contributed by atoms with Crippen LogP contribution in [0, 0.1) is 0 Å². The summed E-state index contributed by atoms with van der Waals surface area (Å²) >= 11 is 0. The molecule has 1 atom stereocenters. The third-order valence-electron chi connectivity index (χ3n) is 4.67. The van der Waals surface area contributed by atoms with Crippen LogP contribution in [-0.4, -0.2) is 77.7 Å². The molecule has 11 heteroatoms. The quantitative estimate of drug-likeness (QED) is 0.717. The molecule has 0 spiro atoms. The number of aliphatic imine (C=N–C) groups is 1. The number of halogens is 3. The molecule has 0 aliphatic carbocycles. The highest BCUT2D eigenvalue weighted by Gasteiger charge is 2.36. The number of piperazine rings is 1. The maximum Gasteiger partial charge on any atom is 0.419 e. The predicted octanol–water partition coefficient (Wildman–Crippen LogP) is 2.39. The van der Waals surface area contributed by atoms with Crippen molar-refractivity contribution in [3.63, 3.8) is 0 Å². The number of fused-ring (bicyclic) bond motifs is 1. The summed E-state index contributed by atoms with van der Waals surface area (Å²) in [5.74, 6) is 0.506. The third-order valence-corrected chi connectivity index (χ3v) is 4.67. The Kier molecular flexibility index (Phi) is 6.27. The van der Waals surface area contributed by atoms with Gasteiger partial charge < -0.3 is 25.2 Å². The normalized spacial score (nSPS) is 19.3. The van der Waals surface area contributed by atoms with E-state index in [1.54, 1.807) is 4.90 Å². The van der Waals surface area contributed by atoms with E-state index in [-0.39, 0.29) is 24.5 Å². The number of nitrogens with one attached hydrogen (secondary N) is 2. The number of hydrogen-bond donors (Lipinski definition) is 2. The first-order valence-electron chi connectivity index (χ1n) is 9.83. The molecule has 0 radical (unpaired) electrons. The number of anilines is 1. The average Bonchev–Trinajstić information content (AvgIpc) is 3.05. The molecule has 2 aliphatic heterocycles. The van der Waals surface area contributed by atoms with Crippen LogP contribution in [0.3, 0.4) is 0 Å². The molecule has 2 aliphatic rings. The zero-order chi connectivity index (χ0) is 21.9. The fourth-order valence-electron chi connectivity index (χ4n) is 3.35. The van der Waals surface area contributed by atoms with E-state index in [4.69, 9.17) is 4.74 Å². The molecule has 8 nitrogen and oxygen atoms in total. The van der Waals surface area contributed by atoms with Gasteiger partial charge in [0.2, 0.25) is 0 Å². The lowest BCUT2D eigenvalue weighted by atomic mass is 10.2. The Bertz CT molecular complexity index is 793. The number of amides is 1. The zero-order valence-corrected chi connectivity index (χ0v) is 17.3. The number of alkyl halides is 3. The van der Waals surface area contributed by atoms with Crippen molar-refractivity contribution in [2.24, 2.45) is 4.99 Å². The van der Waals surface area contributed by atoms with E-state index in [1.807, 2.05) is 20.8 Å². The SMILES string of the molecule is CC(C)(C)OC(=O)N1CCN2C(NCCNc3ncccc3C(F)(F)F)=NCC2C1. The van der Waals surface area contributed by atoms with Gasteiger partial charge in [0.15, 0.2) is 5.96 Å². The Morgan fingerprint density at radius 3 is 2.67 bits per heavy atom. The molecule has 2 N–H and O–H groups in total. The van der Waals surface area contributed by atoms with Gasteiger partial charge in [-0.05, 0) is 32.9 Å². The number of guanidine groups is 1. The molecule has 1 unspecified atom stereocenters. The van der Waals surface area contributed by atoms with Gasteiger partial charge in [-0.1, -0.05) is 0 Å². The lowest BCUT2D eigenvalue weighted by Gasteiger charge is -2.39. The van der Waals surface area contributed by atoms with Crippen LogP contribution in [0.5, 0.6) is 0 Å². The largest absolute Gasteiger partial charge is 0.444 e. The van der Waals surface area contributed by atoms with Gasteiger partial charge in [0, 0.05) is 38.9 Å². The number of nitrogens with zero attached hydrogens (tertiary/aromatic N) is 4. The molecule has 1 aromatic heterocycles. The number of pyridine rings is 1. The lowest BCUT2D eigenvalue weighted by Crippen LogP contribution is -2.57. The van der Waals surface area contributed by atoms with Crippen molar-refractivity contribution in [1.82, 2.24) is 20.1 Å². The van der Waals surface area contributed by atoms with E-state index in [1.165, 1.54) is 12.3 Å². The highest BCUT2D eigenvalue weighted by atomic mass is 19.4. The number of carbonyl (C=O) groups is 1. The van der Waals surface area contributed by atoms with Crippen LogP contribution < -0.4 is 10.6 Å². The molecule has 0 saturated carbocycles. The smallest absolute Gasteiger partial charge is 0.419 e. The maximum absolute atomic E-state index is 13.0. The predicted molar refractivity (Wildman–Crippen MR) is 106 cm³/mol. The molecule has 0 bridgehead atoms. The van der Waals surface area contributed by atoms with Gasteiger partial charge in [0.1, 0.15) is 11.4 Å². The molecule has 3 rings (SSSR count). The Labute approximate surface area is 173 Å². The first kappa shape index (κ1) is 22.0. The van der Waals surface area contributed by atoms with Crippen molar-refractivity contribution in [2.45, 2.75) is 38.6 Å². The van der Waals surface area contributed by atoms with Crippen LogP contribution in [0.2, 0.25) is 0 Å². The first-order valence-corrected chi connectivity index (χ1v) is 9.83. The molecule has 1 aromatic rings. The van der Waals surface area contributed by atoms with Gasteiger partial charge in [0.05, 0.1) is 18.2 Å². The van der Waals surface area contributed by atoms with Gasteiger partial charge in [0.25, 0.3) is 0 Å². The summed E-state index contributed by atoms with van der Waals surface area (Å²) in [4.78, 5) is 24.3. The highest BCUT2D eigenvalue weighted by Crippen LogP contribution is 2.33. The third kappa shape index (κ3) is 5.45. The van der Waals surface area contributed by atoms with Gasteiger partial charge in [-0.15, -0.1) is 0 Å². The average molecular weight is 428 g/mol. The second kappa shape index (κ2) is 8.57. The van der Waals surface area contributed by atoms with E-state index in [0.29, 0.717) is 38.7 Å². The number of aromatic nitrogens is 1. The van der Waals surface area contributed by atoms with Crippen LogP contribution in [0.4, 0.5) is 23.8 Å². The second-order valence-corrected chi connectivity index (χ2v) is 8.19. The Hall–Kier alpha value is -2.72. The van der Waals surface area contributed by atoms with Crippen molar-refractivity contribution in [3.05, 3.63) is 23.9 Å². The number of ether oxygens (including phenoxy) is 1. The van der Waals surface area contributed by atoms with E-state index in [2.05, 4.69) is 25.5 Å². The minimum Gasteiger partial charge on any atom is -0.444 e. The van der Waals surface area contributed by atoms with E-state index in [9.17, 15) is 18.0 Å². The van der Waals surface area contributed by atoms with Gasteiger partial charge >= 0.3 is 12.3 Å². The standard InChI is InChI=1S/C19H27F3N6O2/c1-18(2,3)30-17(29)27-9-10-28-13(12-27)11-26-16(28)25-8-7-24-15-14(19(20,21)22)5-4-6-23-15/h4-6,13H,7-12H2,1-3H3,(H,23,24)(H,25,26). The summed E-state index contributed by atoms with van der Waals surface area (Å²) in [7, 11) is 0. The highest BCUT2D eigenvalue weighted by molar-refractivity contribution is 5.82. The summed E-state index contributed by atoms with van der Waals surface area (Å²) < 4.78 is 44.5. The maximum atomic E-state index is 13.0. The molecule has 1 saturated heterocycles. The summed E-state index contributed by atoms with van der Waals surface area (Å²) in [5, 5.41) is 5.88. The fourth-order valence-corrected chi connectivity index (χ4v) is 3.35. The van der Waals surface area contributed by atoms with E-state index >= 15 is 0 Å². The fraction of sp³-hybridized carbons (Fsp3) is 0.632. The molecule has 30 heavy (non-hydrogen) atoms. The molecule has 1 fully saturated rings. The molecule has 0 aromatic carbocycles. The zero-order valence-electron chi connectivity index (χ0n) is 17.3. The number of rotatable bonds is 4. The van der Waals surface area contributed by atoms with Crippen LogP contribution in [0.15, 0.2) is 23.3 Å². The molecular weight excluding hydrogens is 401 g/mol. The molecule has 166 valence electrons. The summed E-state index contributed by atoms with van der Waals surface area (Å²) in [6.07, 6.45) is -3.47. The van der Waals surface area contributed by atoms with Crippen LogP contribution in [0.25, 0.3) is 0 Å². The van der Waals surface area contributed by atoms with E-state index in [0.717, 1.165) is 6.07 Å².